The molecule has 0 spiro atoms. The summed E-state index contributed by atoms with van der Waals surface area (Å²) in [6.45, 7) is 0. The molecule has 134 valence electrons. The van der Waals surface area contributed by atoms with Crippen molar-refractivity contribution in [3.63, 3.8) is 0 Å². The van der Waals surface area contributed by atoms with Crippen molar-refractivity contribution in [3.8, 4) is 0 Å². The first kappa shape index (κ1) is 16.3. The molecule has 0 atom stereocenters. The SMILES string of the molecule is c1ccc(NN=C2C(=NNc3ccccc3)c3cccc4cccc2c34)cc1. The lowest BCUT2D eigenvalue weighted by atomic mass is 10.1. The molecular formula is C24H18N4. The van der Waals surface area contributed by atoms with Crippen LogP contribution in [0.25, 0.3) is 10.8 Å². The summed E-state index contributed by atoms with van der Waals surface area (Å²) in [5, 5.41) is 11.8. The van der Waals surface area contributed by atoms with Crippen LogP contribution in [0.2, 0.25) is 0 Å². The van der Waals surface area contributed by atoms with Gasteiger partial charge in [0.15, 0.2) is 0 Å². The number of benzene rings is 4. The van der Waals surface area contributed by atoms with E-state index >= 15 is 0 Å². The first-order chi connectivity index (χ1) is 13.9. The van der Waals surface area contributed by atoms with Crippen molar-refractivity contribution in [2.24, 2.45) is 10.2 Å². The molecule has 28 heavy (non-hydrogen) atoms. The Morgan fingerprint density at radius 2 is 0.929 bits per heavy atom. The Kier molecular flexibility index (Phi) is 4.07. The quantitative estimate of drug-likeness (QED) is 0.472. The molecule has 0 amide bonds. The molecule has 0 saturated carbocycles. The fourth-order valence-electron chi connectivity index (χ4n) is 3.48. The van der Waals surface area contributed by atoms with Crippen LogP contribution < -0.4 is 10.9 Å². The van der Waals surface area contributed by atoms with E-state index in [2.05, 4.69) is 47.2 Å². The summed E-state index contributed by atoms with van der Waals surface area (Å²) < 4.78 is 0. The molecule has 1 aliphatic rings. The molecule has 0 heterocycles. The van der Waals surface area contributed by atoms with E-state index in [1.807, 2.05) is 60.7 Å². The van der Waals surface area contributed by atoms with Crippen molar-refractivity contribution in [1.82, 2.24) is 0 Å². The topological polar surface area (TPSA) is 48.8 Å². The Morgan fingerprint density at radius 1 is 0.464 bits per heavy atom. The van der Waals surface area contributed by atoms with Crippen LogP contribution in [0, 0.1) is 0 Å². The van der Waals surface area contributed by atoms with Gasteiger partial charge < -0.3 is 0 Å². The van der Waals surface area contributed by atoms with Crippen LogP contribution in [0.4, 0.5) is 11.4 Å². The maximum absolute atomic E-state index is 4.72. The molecule has 0 radical (unpaired) electrons. The third-order valence-corrected chi connectivity index (χ3v) is 4.78. The van der Waals surface area contributed by atoms with Gasteiger partial charge >= 0.3 is 0 Å². The van der Waals surface area contributed by atoms with E-state index in [0.717, 1.165) is 33.9 Å². The third-order valence-electron chi connectivity index (χ3n) is 4.78. The van der Waals surface area contributed by atoms with E-state index in [1.165, 1.54) is 10.8 Å². The Morgan fingerprint density at radius 3 is 1.39 bits per heavy atom. The van der Waals surface area contributed by atoms with E-state index in [-0.39, 0.29) is 0 Å². The average Bonchev–Trinajstić information content (AvgIpc) is 3.07. The second kappa shape index (κ2) is 7.00. The first-order valence-electron chi connectivity index (χ1n) is 9.20. The summed E-state index contributed by atoms with van der Waals surface area (Å²) in [6.07, 6.45) is 0. The number of para-hydroxylation sites is 2. The third kappa shape index (κ3) is 2.91. The zero-order chi connectivity index (χ0) is 18.8. The van der Waals surface area contributed by atoms with Crippen LogP contribution in [0.15, 0.2) is 107 Å². The molecule has 0 fully saturated rings. The second-order valence-corrected chi connectivity index (χ2v) is 6.59. The maximum Gasteiger partial charge on any atom is 0.119 e. The van der Waals surface area contributed by atoms with Crippen LogP contribution in [-0.4, -0.2) is 11.4 Å². The van der Waals surface area contributed by atoms with Gasteiger partial charge in [-0.1, -0.05) is 72.8 Å². The highest BCUT2D eigenvalue weighted by Crippen LogP contribution is 2.31. The second-order valence-electron chi connectivity index (χ2n) is 6.59. The molecule has 0 saturated heterocycles. The fraction of sp³-hybridized carbons (Fsp3) is 0. The summed E-state index contributed by atoms with van der Waals surface area (Å²) in [5.74, 6) is 0. The van der Waals surface area contributed by atoms with Crippen molar-refractivity contribution in [3.05, 3.63) is 108 Å². The molecule has 4 nitrogen and oxygen atoms in total. The highest BCUT2D eigenvalue weighted by Gasteiger charge is 2.27. The van der Waals surface area contributed by atoms with E-state index in [9.17, 15) is 0 Å². The van der Waals surface area contributed by atoms with Crippen molar-refractivity contribution in [2.75, 3.05) is 10.9 Å². The van der Waals surface area contributed by atoms with Gasteiger partial charge in [0.1, 0.15) is 11.4 Å². The largest absolute Gasteiger partial charge is 0.278 e. The lowest BCUT2D eigenvalue weighted by Gasteiger charge is -2.06. The molecule has 2 N–H and O–H groups in total. The summed E-state index contributed by atoms with van der Waals surface area (Å²) in [5.41, 5.74) is 12.1. The van der Waals surface area contributed by atoms with E-state index in [1.54, 1.807) is 0 Å². The molecule has 5 rings (SSSR count). The fourth-order valence-corrected chi connectivity index (χ4v) is 3.48. The van der Waals surface area contributed by atoms with Crippen LogP contribution >= 0.6 is 0 Å². The smallest absolute Gasteiger partial charge is 0.119 e. The zero-order valence-corrected chi connectivity index (χ0v) is 15.1. The number of nitrogens with zero attached hydrogens (tertiary/aromatic N) is 2. The minimum atomic E-state index is 0.832. The highest BCUT2D eigenvalue weighted by molar-refractivity contribution is 6.61. The number of hydrogen-bond acceptors (Lipinski definition) is 4. The monoisotopic (exact) mass is 362 g/mol. The Bertz CT molecular complexity index is 1100. The predicted molar refractivity (Wildman–Crippen MR) is 117 cm³/mol. The van der Waals surface area contributed by atoms with Gasteiger partial charge in [-0.25, -0.2) is 0 Å². The van der Waals surface area contributed by atoms with Crippen molar-refractivity contribution in [1.29, 1.82) is 0 Å². The van der Waals surface area contributed by atoms with Gasteiger partial charge in [0, 0.05) is 16.5 Å². The molecule has 1 aliphatic carbocycles. The maximum atomic E-state index is 4.72. The Hall–Kier alpha value is -3.92. The molecule has 0 aromatic heterocycles. The van der Waals surface area contributed by atoms with Crippen LogP contribution in [0.5, 0.6) is 0 Å². The number of rotatable bonds is 4. The van der Waals surface area contributed by atoms with E-state index < -0.39 is 0 Å². The van der Waals surface area contributed by atoms with Gasteiger partial charge in [-0.05, 0) is 29.7 Å². The Labute approximate surface area is 163 Å². The molecule has 4 aromatic rings. The van der Waals surface area contributed by atoms with Crippen LogP contribution in [0.3, 0.4) is 0 Å². The van der Waals surface area contributed by atoms with Gasteiger partial charge in [0.05, 0.1) is 11.4 Å². The van der Waals surface area contributed by atoms with Gasteiger partial charge in [0.2, 0.25) is 0 Å². The zero-order valence-electron chi connectivity index (χ0n) is 15.1. The number of hydrazone groups is 2. The number of nitrogens with one attached hydrogen (secondary N) is 2. The van der Waals surface area contributed by atoms with Gasteiger partial charge in [-0.15, -0.1) is 0 Å². The summed E-state index contributed by atoms with van der Waals surface area (Å²) in [4.78, 5) is 0. The molecule has 4 aromatic carbocycles. The van der Waals surface area contributed by atoms with Crippen molar-refractivity contribution < 1.29 is 0 Å². The molecule has 0 aliphatic heterocycles. The summed E-state index contributed by atoms with van der Waals surface area (Å²) in [7, 11) is 0. The minimum Gasteiger partial charge on any atom is -0.278 e. The lowest BCUT2D eigenvalue weighted by Crippen LogP contribution is -2.14. The predicted octanol–water partition coefficient (Wildman–Crippen LogP) is 5.49. The molecule has 4 heteroatoms. The van der Waals surface area contributed by atoms with Gasteiger partial charge in [0.25, 0.3) is 0 Å². The van der Waals surface area contributed by atoms with E-state index in [4.69, 9.17) is 10.2 Å². The van der Waals surface area contributed by atoms with Crippen molar-refractivity contribution >= 4 is 33.6 Å². The summed E-state index contributed by atoms with van der Waals surface area (Å²) >= 11 is 0. The molecule has 0 unspecified atom stereocenters. The lowest BCUT2D eigenvalue weighted by molar-refractivity contribution is 1.32. The van der Waals surface area contributed by atoms with Crippen LogP contribution in [-0.2, 0) is 0 Å². The average molecular weight is 362 g/mol. The first-order valence-corrected chi connectivity index (χ1v) is 9.20. The van der Waals surface area contributed by atoms with Gasteiger partial charge in [-0.2, -0.15) is 10.2 Å². The van der Waals surface area contributed by atoms with E-state index in [0.29, 0.717) is 0 Å². The van der Waals surface area contributed by atoms with Crippen LogP contribution in [0.1, 0.15) is 11.1 Å². The Balaban J connectivity index is 1.61. The molecule has 0 bridgehead atoms. The normalized spacial score (nSPS) is 15.3. The molecular weight excluding hydrogens is 344 g/mol. The number of hydrogen-bond donors (Lipinski definition) is 2. The highest BCUT2D eigenvalue weighted by atomic mass is 15.3. The van der Waals surface area contributed by atoms with Crippen molar-refractivity contribution in [2.45, 2.75) is 0 Å². The summed E-state index contributed by atoms with van der Waals surface area (Å²) in [6, 6.07) is 32.5. The van der Waals surface area contributed by atoms with Gasteiger partial charge in [-0.3, -0.25) is 10.9 Å². The standard InChI is InChI=1S/C24H18N4/c1-3-11-18(12-4-1)25-27-23-20-15-7-9-17-10-8-16-21(22(17)20)24(23)28-26-19-13-5-2-6-14-19/h1-16,25-26H. The minimum absolute atomic E-state index is 0.832. The number of anilines is 2.